The number of nitrogens with zero attached hydrogens (tertiary/aromatic N) is 1. The molecule has 1 saturated carbocycles. The Morgan fingerprint density at radius 1 is 1.40 bits per heavy atom. The number of hydrogen-bond donors (Lipinski definition) is 1. The van der Waals surface area contributed by atoms with Crippen molar-refractivity contribution in [1.29, 1.82) is 0 Å². The van der Waals surface area contributed by atoms with Gasteiger partial charge in [0.05, 0.1) is 0 Å². The lowest BCUT2D eigenvalue weighted by Gasteiger charge is -2.41. The molecule has 2 rings (SSSR count). The van der Waals surface area contributed by atoms with Crippen molar-refractivity contribution >= 4 is 0 Å². The van der Waals surface area contributed by atoms with Crippen LogP contribution in [0.1, 0.15) is 40.0 Å². The molecule has 0 bridgehead atoms. The molecule has 2 nitrogen and oxygen atoms in total. The maximum absolute atomic E-state index is 3.63. The summed E-state index contributed by atoms with van der Waals surface area (Å²) in [6.07, 6.45) is 4.26. The van der Waals surface area contributed by atoms with E-state index in [0.717, 1.165) is 17.9 Å². The van der Waals surface area contributed by atoms with Crippen molar-refractivity contribution in [2.75, 3.05) is 19.6 Å². The third kappa shape index (κ3) is 2.94. The highest BCUT2D eigenvalue weighted by molar-refractivity contribution is 4.94. The molecule has 0 aromatic heterocycles. The van der Waals surface area contributed by atoms with Crippen molar-refractivity contribution in [3.8, 4) is 0 Å². The number of nitrogens with one attached hydrogen (secondary N) is 1. The Kier molecular flexibility index (Phi) is 3.68. The average Bonchev–Trinajstić information content (AvgIpc) is 3.01. The molecule has 2 aliphatic rings. The molecule has 88 valence electrons. The topological polar surface area (TPSA) is 15.3 Å². The molecule has 1 aliphatic carbocycles. The maximum atomic E-state index is 3.63. The van der Waals surface area contributed by atoms with Gasteiger partial charge in [-0.1, -0.05) is 20.3 Å². The van der Waals surface area contributed by atoms with Gasteiger partial charge in [0.15, 0.2) is 0 Å². The van der Waals surface area contributed by atoms with Crippen molar-refractivity contribution in [3.63, 3.8) is 0 Å². The first-order valence-corrected chi connectivity index (χ1v) is 6.68. The summed E-state index contributed by atoms with van der Waals surface area (Å²) in [5, 5.41) is 3.63. The second-order valence-corrected chi connectivity index (χ2v) is 5.68. The van der Waals surface area contributed by atoms with E-state index >= 15 is 0 Å². The summed E-state index contributed by atoms with van der Waals surface area (Å²) in [6.45, 7) is 10.8. The van der Waals surface area contributed by atoms with Gasteiger partial charge in [-0.05, 0) is 31.6 Å². The Bertz CT molecular complexity index is 201. The number of hydrogen-bond acceptors (Lipinski definition) is 2. The van der Waals surface area contributed by atoms with E-state index in [1.54, 1.807) is 0 Å². The standard InChI is InChI=1S/C13H26N2/c1-4-10(2)8-15-9-11(3)14-7-13(15)12-5-6-12/h10-14H,4-9H2,1-3H3. The van der Waals surface area contributed by atoms with Gasteiger partial charge in [0.1, 0.15) is 0 Å². The highest BCUT2D eigenvalue weighted by Crippen LogP contribution is 2.36. The van der Waals surface area contributed by atoms with Gasteiger partial charge < -0.3 is 5.32 Å². The van der Waals surface area contributed by atoms with Gasteiger partial charge in [-0.2, -0.15) is 0 Å². The summed E-state index contributed by atoms with van der Waals surface area (Å²) in [7, 11) is 0. The van der Waals surface area contributed by atoms with Crippen LogP contribution in [0.25, 0.3) is 0 Å². The minimum absolute atomic E-state index is 0.684. The molecule has 0 aromatic rings. The van der Waals surface area contributed by atoms with Gasteiger partial charge in [-0.15, -0.1) is 0 Å². The van der Waals surface area contributed by atoms with E-state index in [9.17, 15) is 0 Å². The largest absolute Gasteiger partial charge is 0.311 e. The first-order chi connectivity index (χ1) is 7.20. The molecule has 3 atom stereocenters. The SMILES string of the molecule is CCC(C)CN1CC(C)NCC1C1CC1. The summed E-state index contributed by atoms with van der Waals surface area (Å²) in [5.74, 6) is 1.87. The molecule has 0 radical (unpaired) electrons. The first kappa shape index (κ1) is 11.4. The van der Waals surface area contributed by atoms with Crippen LogP contribution in [-0.4, -0.2) is 36.6 Å². The smallest absolute Gasteiger partial charge is 0.0249 e. The zero-order valence-corrected chi connectivity index (χ0v) is 10.5. The van der Waals surface area contributed by atoms with E-state index in [4.69, 9.17) is 0 Å². The van der Waals surface area contributed by atoms with Gasteiger partial charge in [-0.25, -0.2) is 0 Å². The van der Waals surface area contributed by atoms with Gasteiger partial charge in [-0.3, -0.25) is 4.90 Å². The van der Waals surface area contributed by atoms with Crippen molar-refractivity contribution in [2.45, 2.75) is 52.1 Å². The third-order valence-corrected chi connectivity index (χ3v) is 4.06. The minimum atomic E-state index is 0.684. The molecular formula is C13H26N2. The van der Waals surface area contributed by atoms with E-state index < -0.39 is 0 Å². The van der Waals surface area contributed by atoms with Crippen LogP contribution in [0.4, 0.5) is 0 Å². The predicted octanol–water partition coefficient (Wildman–Crippen LogP) is 2.10. The number of piperazine rings is 1. The van der Waals surface area contributed by atoms with Gasteiger partial charge in [0.25, 0.3) is 0 Å². The van der Waals surface area contributed by atoms with E-state index in [0.29, 0.717) is 6.04 Å². The molecule has 0 amide bonds. The molecule has 15 heavy (non-hydrogen) atoms. The van der Waals surface area contributed by atoms with E-state index in [2.05, 4.69) is 31.0 Å². The van der Waals surface area contributed by atoms with E-state index in [-0.39, 0.29) is 0 Å². The fraction of sp³-hybridized carbons (Fsp3) is 1.00. The summed E-state index contributed by atoms with van der Waals surface area (Å²) in [4.78, 5) is 2.76. The molecule has 2 fully saturated rings. The van der Waals surface area contributed by atoms with Crippen LogP contribution >= 0.6 is 0 Å². The van der Waals surface area contributed by atoms with Crippen LogP contribution in [0.2, 0.25) is 0 Å². The Morgan fingerprint density at radius 3 is 2.73 bits per heavy atom. The molecule has 2 heteroatoms. The van der Waals surface area contributed by atoms with Gasteiger partial charge in [0, 0.05) is 31.7 Å². The predicted molar refractivity (Wildman–Crippen MR) is 65.0 cm³/mol. The lowest BCUT2D eigenvalue weighted by atomic mass is 10.0. The van der Waals surface area contributed by atoms with Crippen molar-refractivity contribution in [3.05, 3.63) is 0 Å². The molecule has 1 heterocycles. The molecule has 0 aromatic carbocycles. The number of rotatable bonds is 4. The monoisotopic (exact) mass is 210 g/mol. The zero-order valence-electron chi connectivity index (χ0n) is 10.5. The van der Waals surface area contributed by atoms with Crippen LogP contribution < -0.4 is 5.32 Å². The highest BCUT2D eigenvalue weighted by Gasteiger charge is 2.37. The van der Waals surface area contributed by atoms with Crippen LogP contribution in [0, 0.1) is 11.8 Å². The Labute approximate surface area is 94.4 Å². The highest BCUT2D eigenvalue weighted by atomic mass is 15.2. The van der Waals surface area contributed by atoms with Crippen LogP contribution in [-0.2, 0) is 0 Å². The Balaban J connectivity index is 1.90. The lowest BCUT2D eigenvalue weighted by molar-refractivity contribution is 0.102. The lowest BCUT2D eigenvalue weighted by Crippen LogP contribution is -2.57. The fourth-order valence-electron chi connectivity index (χ4n) is 2.69. The quantitative estimate of drug-likeness (QED) is 0.764. The summed E-state index contributed by atoms with van der Waals surface area (Å²) >= 11 is 0. The van der Waals surface area contributed by atoms with Gasteiger partial charge >= 0.3 is 0 Å². The maximum Gasteiger partial charge on any atom is 0.0249 e. The van der Waals surface area contributed by atoms with Crippen LogP contribution in [0.15, 0.2) is 0 Å². The van der Waals surface area contributed by atoms with Crippen LogP contribution in [0.5, 0.6) is 0 Å². The molecule has 1 aliphatic heterocycles. The zero-order chi connectivity index (χ0) is 10.8. The van der Waals surface area contributed by atoms with E-state index in [1.807, 2.05) is 0 Å². The molecule has 1 N–H and O–H groups in total. The second-order valence-electron chi connectivity index (χ2n) is 5.68. The Morgan fingerprint density at radius 2 is 2.13 bits per heavy atom. The van der Waals surface area contributed by atoms with Crippen molar-refractivity contribution in [1.82, 2.24) is 10.2 Å². The molecular weight excluding hydrogens is 184 g/mol. The summed E-state index contributed by atoms with van der Waals surface area (Å²) in [6, 6.07) is 1.53. The van der Waals surface area contributed by atoms with Crippen LogP contribution in [0.3, 0.4) is 0 Å². The average molecular weight is 210 g/mol. The van der Waals surface area contributed by atoms with E-state index in [1.165, 1.54) is 38.9 Å². The first-order valence-electron chi connectivity index (χ1n) is 6.68. The van der Waals surface area contributed by atoms with Crippen molar-refractivity contribution < 1.29 is 0 Å². The summed E-state index contributed by atoms with van der Waals surface area (Å²) < 4.78 is 0. The Hall–Kier alpha value is -0.0800. The molecule has 0 spiro atoms. The third-order valence-electron chi connectivity index (χ3n) is 4.06. The fourth-order valence-corrected chi connectivity index (χ4v) is 2.69. The normalized spacial score (nSPS) is 35.4. The molecule has 3 unspecified atom stereocenters. The summed E-state index contributed by atoms with van der Waals surface area (Å²) in [5.41, 5.74) is 0. The van der Waals surface area contributed by atoms with Gasteiger partial charge in [0.2, 0.25) is 0 Å². The second kappa shape index (κ2) is 4.84. The molecule has 1 saturated heterocycles. The minimum Gasteiger partial charge on any atom is -0.311 e. The van der Waals surface area contributed by atoms with Crippen molar-refractivity contribution in [2.24, 2.45) is 11.8 Å².